The number of aryl methyl sites for hydroxylation is 1. The van der Waals surface area contributed by atoms with Crippen LogP contribution in [-0.4, -0.2) is 16.2 Å². The maximum absolute atomic E-state index is 6.24. The van der Waals surface area contributed by atoms with E-state index in [1.54, 1.807) is 0 Å². The molecular weight excluding hydrogens is 300 g/mol. The van der Waals surface area contributed by atoms with Crippen molar-refractivity contribution in [2.75, 3.05) is 0 Å². The summed E-state index contributed by atoms with van der Waals surface area (Å²) in [6.07, 6.45) is 5.66. The summed E-state index contributed by atoms with van der Waals surface area (Å²) >= 11 is 6.24. The number of hydrogen-bond donors (Lipinski definition) is 0. The number of unbranched alkanes of at least 4 members (excludes halogenated alkanes) is 3. The summed E-state index contributed by atoms with van der Waals surface area (Å²) in [4.78, 5) is 4.43. The topological polar surface area (TPSA) is 48.2 Å². The lowest BCUT2D eigenvalue weighted by atomic mass is 10.1. The SMILES string of the molecule is CCCCCCc1nc(-c2ccc(OC(C)C)c(Cl)c2)no1. The van der Waals surface area contributed by atoms with E-state index in [9.17, 15) is 0 Å². The predicted octanol–water partition coefficient (Wildman–Crippen LogP) is 5.30. The van der Waals surface area contributed by atoms with Crippen molar-refractivity contribution in [2.45, 2.75) is 59.0 Å². The molecule has 0 saturated heterocycles. The molecule has 0 aliphatic heterocycles. The van der Waals surface area contributed by atoms with Crippen molar-refractivity contribution in [3.05, 3.63) is 29.1 Å². The number of rotatable bonds is 8. The number of hydrogen-bond acceptors (Lipinski definition) is 4. The van der Waals surface area contributed by atoms with Crippen LogP contribution in [0.1, 0.15) is 52.3 Å². The summed E-state index contributed by atoms with van der Waals surface area (Å²) in [5, 5.41) is 4.59. The summed E-state index contributed by atoms with van der Waals surface area (Å²) in [6, 6.07) is 5.55. The molecule has 5 heteroatoms. The highest BCUT2D eigenvalue weighted by Crippen LogP contribution is 2.30. The molecule has 2 rings (SSSR count). The molecule has 0 radical (unpaired) electrons. The Balaban J connectivity index is 2.02. The van der Waals surface area contributed by atoms with Gasteiger partial charge < -0.3 is 9.26 Å². The molecule has 0 saturated carbocycles. The van der Waals surface area contributed by atoms with Crippen molar-refractivity contribution < 1.29 is 9.26 Å². The van der Waals surface area contributed by atoms with Gasteiger partial charge in [-0.3, -0.25) is 0 Å². The Morgan fingerprint density at radius 3 is 2.73 bits per heavy atom. The van der Waals surface area contributed by atoms with Gasteiger partial charge in [0.15, 0.2) is 0 Å². The van der Waals surface area contributed by atoms with Crippen LogP contribution < -0.4 is 4.74 Å². The number of nitrogens with zero attached hydrogens (tertiary/aromatic N) is 2. The average Bonchev–Trinajstić information content (AvgIpc) is 2.94. The molecule has 0 spiro atoms. The Kier molecular flexibility index (Phi) is 6.25. The van der Waals surface area contributed by atoms with E-state index in [4.69, 9.17) is 20.9 Å². The van der Waals surface area contributed by atoms with Crippen molar-refractivity contribution >= 4 is 11.6 Å². The van der Waals surface area contributed by atoms with Crippen LogP contribution in [0.25, 0.3) is 11.4 Å². The average molecular weight is 323 g/mol. The second-order valence-corrected chi connectivity index (χ2v) is 6.04. The third-order valence-electron chi connectivity index (χ3n) is 3.27. The van der Waals surface area contributed by atoms with Crippen LogP contribution in [0.15, 0.2) is 22.7 Å². The number of halogens is 1. The predicted molar refractivity (Wildman–Crippen MR) is 88.4 cm³/mol. The lowest BCUT2D eigenvalue weighted by Gasteiger charge is -2.11. The van der Waals surface area contributed by atoms with Crippen molar-refractivity contribution in [1.29, 1.82) is 0 Å². The Morgan fingerprint density at radius 1 is 1.23 bits per heavy atom. The van der Waals surface area contributed by atoms with Gasteiger partial charge in [-0.1, -0.05) is 42.9 Å². The zero-order chi connectivity index (χ0) is 15.9. The van der Waals surface area contributed by atoms with Gasteiger partial charge in [-0.15, -0.1) is 0 Å². The van der Waals surface area contributed by atoms with Gasteiger partial charge >= 0.3 is 0 Å². The quantitative estimate of drug-likeness (QED) is 0.619. The van der Waals surface area contributed by atoms with Crippen LogP contribution in [0.4, 0.5) is 0 Å². The van der Waals surface area contributed by atoms with Crippen LogP contribution in [0.3, 0.4) is 0 Å². The van der Waals surface area contributed by atoms with Gasteiger partial charge in [-0.05, 0) is 38.5 Å². The first-order chi connectivity index (χ1) is 10.6. The number of aromatic nitrogens is 2. The normalized spacial score (nSPS) is 11.1. The molecule has 120 valence electrons. The van der Waals surface area contributed by atoms with Gasteiger partial charge in [-0.2, -0.15) is 4.98 Å². The molecule has 0 fully saturated rings. The van der Waals surface area contributed by atoms with Gasteiger partial charge in [0.2, 0.25) is 11.7 Å². The lowest BCUT2D eigenvalue weighted by molar-refractivity contribution is 0.242. The van der Waals surface area contributed by atoms with E-state index >= 15 is 0 Å². The first kappa shape index (κ1) is 16.8. The molecule has 1 heterocycles. The summed E-state index contributed by atoms with van der Waals surface area (Å²) in [7, 11) is 0. The lowest BCUT2D eigenvalue weighted by Crippen LogP contribution is -2.05. The second kappa shape index (κ2) is 8.18. The van der Waals surface area contributed by atoms with Crippen molar-refractivity contribution in [1.82, 2.24) is 10.1 Å². The maximum Gasteiger partial charge on any atom is 0.226 e. The molecule has 0 N–H and O–H groups in total. The van der Waals surface area contributed by atoms with E-state index in [1.165, 1.54) is 19.3 Å². The zero-order valence-corrected chi connectivity index (χ0v) is 14.2. The van der Waals surface area contributed by atoms with Crippen molar-refractivity contribution in [3.63, 3.8) is 0 Å². The molecule has 0 amide bonds. The van der Waals surface area contributed by atoms with Gasteiger partial charge in [-0.25, -0.2) is 0 Å². The highest BCUT2D eigenvalue weighted by molar-refractivity contribution is 6.32. The monoisotopic (exact) mass is 322 g/mol. The summed E-state index contributed by atoms with van der Waals surface area (Å²) in [6.45, 7) is 6.13. The van der Waals surface area contributed by atoms with Crippen molar-refractivity contribution in [3.8, 4) is 17.1 Å². The molecule has 22 heavy (non-hydrogen) atoms. The number of benzene rings is 1. The standard InChI is InChI=1S/C17H23ClN2O2/c1-4-5-6-7-8-16-19-17(20-22-16)13-9-10-15(14(18)11-13)21-12(2)3/h9-12H,4-8H2,1-3H3. The first-order valence-corrected chi connectivity index (χ1v) is 8.27. The molecule has 0 atom stereocenters. The van der Waals surface area contributed by atoms with Crippen LogP contribution in [-0.2, 0) is 6.42 Å². The highest BCUT2D eigenvalue weighted by Gasteiger charge is 2.11. The van der Waals surface area contributed by atoms with E-state index in [0.717, 1.165) is 18.4 Å². The van der Waals surface area contributed by atoms with Crippen LogP contribution in [0.2, 0.25) is 5.02 Å². The van der Waals surface area contributed by atoms with Gasteiger partial charge in [0.05, 0.1) is 11.1 Å². The fourth-order valence-corrected chi connectivity index (χ4v) is 2.39. The van der Waals surface area contributed by atoms with E-state index in [1.807, 2.05) is 32.0 Å². The number of ether oxygens (including phenoxy) is 1. The highest BCUT2D eigenvalue weighted by atomic mass is 35.5. The smallest absolute Gasteiger partial charge is 0.226 e. The molecule has 1 aromatic carbocycles. The molecule has 2 aromatic rings. The molecule has 0 aliphatic rings. The van der Waals surface area contributed by atoms with Crippen LogP contribution in [0, 0.1) is 0 Å². The van der Waals surface area contributed by atoms with Gasteiger partial charge in [0, 0.05) is 12.0 Å². The molecule has 0 bridgehead atoms. The molecule has 0 unspecified atom stereocenters. The van der Waals surface area contributed by atoms with Crippen LogP contribution >= 0.6 is 11.6 Å². The first-order valence-electron chi connectivity index (χ1n) is 7.89. The minimum atomic E-state index is 0.0863. The fourth-order valence-electron chi connectivity index (χ4n) is 2.17. The Hall–Kier alpha value is -1.55. The fraction of sp³-hybridized carbons (Fsp3) is 0.529. The minimum Gasteiger partial charge on any atom is -0.489 e. The summed E-state index contributed by atoms with van der Waals surface area (Å²) in [5.74, 6) is 1.93. The van der Waals surface area contributed by atoms with E-state index in [-0.39, 0.29) is 6.10 Å². The Morgan fingerprint density at radius 2 is 2.05 bits per heavy atom. The van der Waals surface area contributed by atoms with E-state index in [2.05, 4.69) is 17.1 Å². The minimum absolute atomic E-state index is 0.0863. The third-order valence-corrected chi connectivity index (χ3v) is 3.56. The van der Waals surface area contributed by atoms with E-state index < -0.39 is 0 Å². The second-order valence-electron chi connectivity index (χ2n) is 5.63. The third kappa shape index (κ3) is 4.73. The Bertz CT molecular complexity index is 596. The van der Waals surface area contributed by atoms with Gasteiger partial charge in [0.25, 0.3) is 0 Å². The van der Waals surface area contributed by atoms with E-state index in [0.29, 0.717) is 22.5 Å². The van der Waals surface area contributed by atoms with Crippen LogP contribution in [0.5, 0.6) is 5.75 Å². The molecule has 4 nitrogen and oxygen atoms in total. The maximum atomic E-state index is 6.24. The summed E-state index contributed by atoms with van der Waals surface area (Å²) in [5.41, 5.74) is 0.838. The molecule has 0 aliphatic carbocycles. The summed E-state index contributed by atoms with van der Waals surface area (Å²) < 4.78 is 10.9. The molecular formula is C17H23ClN2O2. The van der Waals surface area contributed by atoms with Crippen molar-refractivity contribution in [2.24, 2.45) is 0 Å². The Labute approximate surface area is 136 Å². The molecule has 1 aromatic heterocycles. The zero-order valence-electron chi connectivity index (χ0n) is 13.4. The van der Waals surface area contributed by atoms with Gasteiger partial charge in [0.1, 0.15) is 5.75 Å². The largest absolute Gasteiger partial charge is 0.489 e.